The number of sulfonamides is 1. The van der Waals surface area contributed by atoms with Gasteiger partial charge in [0.1, 0.15) is 0 Å². The van der Waals surface area contributed by atoms with Crippen molar-refractivity contribution in [3.8, 4) is 0 Å². The second kappa shape index (κ2) is 6.15. The third-order valence-electron chi connectivity index (χ3n) is 3.55. The summed E-state index contributed by atoms with van der Waals surface area (Å²) in [5, 5.41) is 0. The van der Waals surface area contributed by atoms with Gasteiger partial charge in [-0.25, -0.2) is 13.1 Å². The van der Waals surface area contributed by atoms with Crippen molar-refractivity contribution in [1.29, 1.82) is 0 Å². The molecule has 1 aromatic carbocycles. The largest absolute Gasteiger partial charge is 0.338 e. The maximum atomic E-state index is 12.2. The van der Waals surface area contributed by atoms with Gasteiger partial charge >= 0.3 is 0 Å². The standard InChI is InChI=1S/C15H22N2O3S/c1-4-15(18)17-8-7-12-5-6-14(9-13(12)10-17)21(19,20)16-11(2)3/h5-6,9,11,16H,4,7-8,10H2,1-3H3. The number of carbonyl (C=O) groups is 1. The Kier molecular flexibility index (Phi) is 4.68. The van der Waals surface area contributed by atoms with Crippen molar-refractivity contribution in [2.75, 3.05) is 6.54 Å². The van der Waals surface area contributed by atoms with Crippen LogP contribution in [0.2, 0.25) is 0 Å². The highest BCUT2D eigenvalue weighted by molar-refractivity contribution is 7.89. The Bertz CT molecular complexity index is 638. The highest BCUT2D eigenvalue weighted by Gasteiger charge is 2.22. The molecule has 0 radical (unpaired) electrons. The van der Waals surface area contributed by atoms with Crippen molar-refractivity contribution >= 4 is 15.9 Å². The highest BCUT2D eigenvalue weighted by atomic mass is 32.2. The Morgan fingerprint density at radius 1 is 1.33 bits per heavy atom. The van der Waals surface area contributed by atoms with Crippen molar-refractivity contribution in [2.24, 2.45) is 0 Å². The van der Waals surface area contributed by atoms with E-state index in [1.54, 1.807) is 30.9 Å². The number of nitrogens with zero attached hydrogens (tertiary/aromatic N) is 1. The Balaban J connectivity index is 2.29. The first-order chi connectivity index (χ1) is 9.83. The summed E-state index contributed by atoms with van der Waals surface area (Å²) in [6, 6.07) is 5.04. The molecule has 1 amide bonds. The van der Waals surface area contributed by atoms with Gasteiger partial charge in [-0.1, -0.05) is 13.0 Å². The zero-order valence-corrected chi connectivity index (χ0v) is 13.5. The SMILES string of the molecule is CCC(=O)N1CCc2ccc(S(=O)(=O)NC(C)C)cc2C1. The zero-order valence-electron chi connectivity index (χ0n) is 12.7. The number of amides is 1. The van der Waals surface area contributed by atoms with Gasteiger partial charge in [0, 0.05) is 25.6 Å². The third-order valence-corrected chi connectivity index (χ3v) is 5.20. The van der Waals surface area contributed by atoms with Crippen LogP contribution in [-0.4, -0.2) is 31.8 Å². The molecule has 2 rings (SSSR count). The molecule has 0 atom stereocenters. The molecule has 116 valence electrons. The first-order valence-corrected chi connectivity index (χ1v) is 8.73. The molecule has 1 heterocycles. The molecule has 1 aliphatic rings. The summed E-state index contributed by atoms with van der Waals surface area (Å²) in [5.41, 5.74) is 2.05. The quantitative estimate of drug-likeness (QED) is 0.920. The summed E-state index contributed by atoms with van der Waals surface area (Å²) in [5.74, 6) is 0.106. The van der Waals surface area contributed by atoms with Crippen molar-refractivity contribution in [3.63, 3.8) is 0 Å². The minimum Gasteiger partial charge on any atom is -0.338 e. The van der Waals surface area contributed by atoms with E-state index < -0.39 is 10.0 Å². The van der Waals surface area contributed by atoms with Gasteiger partial charge in [0.25, 0.3) is 0 Å². The molecule has 6 heteroatoms. The summed E-state index contributed by atoms with van der Waals surface area (Å²) >= 11 is 0. The highest BCUT2D eigenvalue weighted by Crippen LogP contribution is 2.23. The second-order valence-corrected chi connectivity index (χ2v) is 7.34. The van der Waals surface area contributed by atoms with E-state index in [0.29, 0.717) is 19.5 Å². The van der Waals surface area contributed by atoms with E-state index in [2.05, 4.69) is 4.72 Å². The maximum absolute atomic E-state index is 12.2. The lowest BCUT2D eigenvalue weighted by molar-refractivity contribution is -0.131. The van der Waals surface area contributed by atoms with Crippen molar-refractivity contribution in [2.45, 2.75) is 51.1 Å². The molecule has 1 aromatic rings. The van der Waals surface area contributed by atoms with E-state index in [-0.39, 0.29) is 16.8 Å². The molecule has 0 aliphatic carbocycles. The number of hydrogen-bond acceptors (Lipinski definition) is 3. The third kappa shape index (κ3) is 3.63. The molecule has 0 unspecified atom stereocenters. The van der Waals surface area contributed by atoms with E-state index in [0.717, 1.165) is 17.5 Å². The van der Waals surface area contributed by atoms with E-state index >= 15 is 0 Å². The molecule has 0 saturated heterocycles. The van der Waals surface area contributed by atoms with Gasteiger partial charge in [-0.2, -0.15) is 0 Å². The molecule has 0 spiro atoms. The van der Waals surface area contributed by atoms with E-state index in [9.17, 15) is 13.2 Å². The molecular weight excluding hydrogens is 288 g/mol. The average molecular weight is 310 g/mol. The molecule has 1 aliphatic heterocycles. The van der Waals surface area contributed by atoms with Crippen LogP contribution in [0, 0.1) is 0 Å². The Morgan fingerprint density at radius 2 is 2.05 bits per heavy atom. The molecule has 0 fully saturated rings. The van der Waals surface area contributed by atoms with Crippen LogP contribution in [0.15, 0.2) is 23.1 Å². The zero-order chi connectivity index (χ0) is 15.6. The van der Waals surface area contributed by atoms with Crippen molar-refractivity contribution < 1.29 is 13.2 Å². The first kappa shape index (κ1) is 16.0. The number of carbonyl (C=O) groups excluding carboxylic acids is 1. The van der Waals surface area contributed by atoms with Gasteiger partial charge in [0.2, 0.25) is 15.9 Å². The fraction of sp³-hybridized carbons (Fsp3) is 0.533. The molecule has 21 heavy (non-hydrogen) atoms. The van der Waals surface area contributed by atoms with Crippen LogP contribution in [-0.2, 0) is 27.8 Å². The number of hydrogen-bond donors (Lipinski definition) is 1. The lowest BCUT2D eigenvalue weighted by Gasteiger charge is -2.29. The predicted octanol–water partition coefficient (Wildman–Crippen LogP) is 1.67. The van der Waals surface area contributed by atoms with Crippen LogP contribution in [0.25, 0.3) is 0 Å². The fourth-order valence-corrected chi connectivity index (χ4v) is 3.82. The lowest BCUT2D eigenvalue weighted by Crippen LogP contribution is -2.36. The summed E-state index contributed by atoms with van der Waals surface area (Å²) in [6.45, 7) is 6.61. The van der Waals surface area contributed by atoms with Crippen molar-refractivity contribution in [3.05, 3.63) is 29.3 Å². The van der Waals surface area contributed by atoms with E-state index in [4.69, 9.17) is 0 Å². The summed E-state index contributed by atoms with van der Waals surface area (Å²) in [7, 11) is -3.49. The van der Waals surface area contributed by atoms with Crippen LogP contribution in [0.3, 0.4) is 0 Å². The van der Waals surface area contributed by atoms with Crippen molar-refractivity contribution in [1.82, 2.24) is 9.62 Å². The predicted molar refractivity (Wildman–Crippen MR) is 81.3 cm³/mol. The molecule has 0 saturated carbocycles. The summed E-state index contributed by atoms with van der Waals surface area (Å²) in [4.78, 5) is 13.9. The lowest BCUT2D eigenvalue weighted by atomic mass is 10.00. The average Bonchev–Trinajstić information content (AvgIpc) is 2.43. The Labute approximate surface area is 126 Å². The van der Waals surface area contributed by atoms with E-state index in [1.165, 1.54) is 0 Å². The van der Waals surface area contributed by atoms with Crippen LogP contribution in [0.5, 0.6) is 0 Å². The van der Waals surface area contributed by atoms with Crippen LogP contribution >= 0.6 is 0 Å². The first-order valence-electron chi connectivity index (χ1n) is 7.25. The molecule has 0 bridgehead atoms. The minimum absolute atomic E-state index is 0.106. The number of nitrogens with one attached hydrogen (secondary N) is 1. The number of benzene rings is 1. The Hall–Kier alpha value is -1.40. The monoisotopic (exact) mass is 310 g/mol. The number of rotatable bonds is 4. The minimum atomic E-state index is -3.49. The van der Waals surface area contributed by atoms with Gasteiger partial charge in [-0.05, 0) is 43.5 Å². The molecule has 1 N–H and O–H groups in total. The smallest absolute Gasteiger partial charge is 0.240 e. The topological polar surface area (TPSA) is 66.5 Å². The van der Waals surface area contributed by atoms with Gasteiger partial charge in [0.15, 0.2) is 0 Å². The van der Waals surface area contributed by atoms with Crippen LogP contribution in [0.1, 0.15) is 38.3 Å². The van der Waals surface area contributed by atoms with Crippen LogP contribution in [0.4, 0.5) is 0 Å². The maximum Gasteiger partial charge on any atom is 0.240 e. The van der Waals surface area contributed by atoms with Gasteiger partial charge in [-0.15, -0.1) is 0 Å². The van der Waals surface area contributed by atoms with E-state index in [1.807, 2.05) is 13.0 Å². The summed E-state index contributed by atoms with van der Waals surface area (Å²) in [6.07, 6.45) is 1.25. The summed E-state index contributed by atoms with van der Waals surface area (Å²) < 4.78 is 27.0. The molecule has 0 aromatic heterocycles. The van der Waals surface area contributed by atoms with Gasteiger partial charge in [0.05, 0.1) is 4.90 Å². The van der Waals surface area contributed by atoms with Gasteiger partial charge in [-0.3, -0.25) is 4.79 Å². The fourth-order valence-electron chi connectivity index (χ4n) is 2.52. The normalized spacial score (nSPS) is 15.1. The van der Waals surface area contributed by atoms with Gasteiger partial charge < -0.3 is 4.90 Å². The molecule has 5 nitrogen and oxygen atoms in total. The second-order valence-electron chi connectivity index (χ2n) is 5.63. The number of fused-ring (bicyclic) bond motifs is 1. The Morgan fingerprint density at radius 3 is 2.67 bits per heavy atom. The molecular formula is C15H22N2O3S. The van der Waals surface area contributed by atoms with Crippen LogP contribution < -0.4 is 4.72 Å².